The molecule has 0 aliphatic carbocycles. The minimum atomic E-state index is -0.305. The van der Waals surface area contributed by atoms with Gasteiger partial charge >= 0.3 is 0 Å². The molecule has 0 N–H and O–H groups in total. The van der Waals surface area contributed by atoms with Crippen molar-refractivity contribution in [1.82, 2.24) is 14.8 Å². The van der Waals surface area contributed by atoms with Crippen molar-refractivity contribution in [3.8, 4) is 0 Å². The van der Waals surface area contributed by atoms with Gasteiger partial charge in [0.05, 0.1) is 24.0 Å². The molecular weight excluding hydrogens is 344 g/mol. The smallest absolute Gasteiger partial charge is 0.246 e. The van der Waals surface area contributed by atoms with E-state index in [4.69, 9.17) is 4.74 Å². The molecule has 0 aromatic carbocycles. The first kappa shape index (κ1) is 18.4. The molecule has 7 nitrogen and oxygen atoms in total. The number of likely N-dealkylation sites (tertiary alicyclic amines) is 1. The van der Waals surface area contributed by atoms with Crippen LogP contribution in [0.1, 0.15) is 26.2 Å². The van der Waals surface area contributed by atoms with E-state index in [0.717, 1.165) is 57.8 Å². The van der Waals surface area contributed by atoms with Gasteiger partial charge in [-0.05, 0) is 37.3 Å². The first-order chi connectivity index (χ1) is 13.1. The average Bonchev–Trinajstić information content (AvgIpc) is 3.07. The van der Waals surface area contributed by atoms with E-state index in [1.165, 1.54) is 0 Å². The maximum absolute atomic E-state index is 12.7. The second-order valence-electron chi connectivity index (χ2n) is 8.06. The Kier molecular flexibility index (Phi) is 5.14. The van der Waals surface area contributed by atoms with Gasteiger partial charge in [-0.15, -0.1) is 0 Å². The summed E-state index contributed by atoms with van der Waals surface area (Å²) in [6, 6.07) is 3.76. The number of hydrogen-bond acceptors (Lipinski definition) is 5. The zero-order chi connectivity index (χ0) is 18.9. The van der Waals surface area contributed by atoms with Crippen LogP contribution in [0.3, 0.4) is 0 Å². The minimum Gasteiger partial charge on any atom is -0.381 e. The van der Waals surface area contributed by atoms with Crippen molar-refractivity contribution in [2.45, 2.75) is 31.7 Å². The monoisotopic (exact) mass is 372 g/mol. The van der Waals surface area contributed by atoms with E-state index < -0.39 is 0 Å². The third-order valence-corrected chi connectivity index (χ3v) is 6.23. The highest BCUT2D eigenvalue weighted by atomic mass is 16.5. The molecule has 4 rings (SSSR count). The van der Waals surface area contributed by atoms with Gasteiger partial charge in [-0.25, -0.2) is 0 Å². The molecule has 0 radical (unpaired) electrons. The Bertz CT molecular complexity index is 692. The maximum Gasteiger partial charge on any atom is 0.246 e. The summed E-state index contributed by atoms with van der Waals surface area (Å²) < 4.78 is 5.48. The van der Waals surface area contributed by atoms with Gasteiger partial charge in [0.2, 0.25) is 11.8 Å². The predicted octanol–water partition coefficient (Wildman–Crippen LogP) is 1.15. The lowest BCUT2D eigenvalue weighted by Crippen LogP contribution is -2.66. The highest BCUT2D eigenvalue weighted by molar-refractivity contribution is 5.98. The van der Waals surface area contributed by atoms with E-state index in [9.17, 15) is 9.59 Å². The highest BCUT2D eigenvalue weighted by Gasteiger charge is 2.50. The van der Waals surface area contributed by atoms with E-state index in [0.29, 0.717) is 12.5 Å². The van der Waals surface area contributed by atoms with E-state index >= 15 is 0 Å². The van der Waals surface area contributed by atoms with Gasteiger partial charge in [-0.2, -0.15) is 0 Å². The number of hydrogen-bond donors (Lipinski definition) is 0. The van der Waals surface area contributed by atoms with Crippen molar-refractivity contribution in [3.63, 3.8) is 0 Å². The second kappa shape index (κ2) is 7.56. The van der Waals surface area contributed by atoms with Crippen LogP contribution in [0.5, 0.6) is 0 Å². The Morgan fingerprint density at radius 3 is 2.85 bits per heavy atom. The summed E-state index contributed by atoms with van der Waals surface area (Å²) in [5.41, 5.74) is 0.508. The summed E-state index contributed by atoms with van der Waals surface area (Å²) in [4.78, 5) is 35.3. The van der Waals surface area contributed by atoms with Crippen molar-refractivity contribution < 1.29 is 14.3 Å². The number of nitrogens with zero attached hydrogens (tertiary/aromatic N) is 4. The molecule has 1 aromatic rings. The van der Waals surface area contributed by atoms with Gasteiger partial charge in [-0.1, -0.05) is 0 Å². The molecule has 3 saturated heterocycles. The Morgan fingerprint density at radius 1 is 1.33 bits per heavy atom. The molecule has 3 aliphatic rings. The Hall–Kier alpha value is -1.99. The number of carbonyl (C=O) groups is 2. The lowest BCUT2D eigenvalue weighted by Gasteiger charge is -2.48. The largest absolute Gasteiger partial charge is 0.381 e. The highest BCUT2D eigenvalue weighted by Crippen LogP contribution is 2.35. The summed E-state index contributed by atoms with van der Waals surface area (Å²) >= 11 is 0. The summed E-state index contributed by atoms with van der Waals surface area (Å²) in [6.07, 6.45) is 6.56. The molecule has 1 unspecified atom stereocenters. The fraction of sp³-hybridized carbons (Fsp3) is 0.650. The number of amides is 2. The molecular formula is C20H28N4O3. The van der Waals surface area contributed by atoms with Crippen LogP contribution >= 0.6 is 0 Å². The Morgan fingerprint density at radius 2 is 2.15 bits per heavy atom. The fourth-order valence-electron chi connectivity index (χ4n) is 4.79. The fourth-order valence-corrected chi connectivity index (χ4v) is 4.79. The average molecular weight is 372 g/mol. The van der Waals surface area contributed by atoms with Gasteiger partial charge in [0.25, 0.3) is 0 Å². The molecule has 0 saturated carbocycles. The van der Waals surface area contributed by atoms with Crippen molar-refractivity contribution >= 4 is 17.5 Å². The van der Waals surface area contributed by atoms with Crippen molar-refractivity contribution in [3.05, 3.63) is 24.5 Å². The standard InChI is InChI=1S/C20H28N4O3/c1-16(25)24-13-19(26)23(18-3-2-7-21-11-18)15-20(24)6-8-22(14-20)12-17-4-9-27-10-5-17/h2-3,7,11,17H,4-6,8-10,12-15H2,1H3. The van der Waals surface area contributed by atoms with Crippen LogP contribution in [-0.2, 0) is 14.3 Å². The zero-order valence-electron chi connectivity index (χ0n) is 16.0. The normalized spacial score (nSPS) is 27.5. The molecule has 3 fully saturated rings. The number of pyridine rings is 1. The summed E-state index contributed by atoms with van der Waals surface area (Å²) in [6.45, 7) is 6.83. The van der Waals surface area contributed by atoms with Crippen LogP contribution in [0.2, 0.25) is 0 Å². The van der Waals surface area contributed by atoms with E-state index in [1.54, 1.807) is 19.3 Å². The van der Waals surface area contributed by atoms with E-state index in [1.807, 2.05) is 21.9 Å². The van der Waals surface area contributed by atoms with Crippen molar-refractivity contribution in [2.24, 2.45) is 5.92 Å². The van der Waals surface area contributed by atoms with Crippen LogP contribution in [0.15, 0.2) is 24.5 Å². The summed E-state index contributed by atoms with van der Waals surface area (Å²) in [5, 5.41) is 0. The number of anilines is 1. The first-order valence-corrected chi connectivity index (χ1v) is 9.86. The van der Waals surface area contributed by atoms with E-state index in [-0.39, 0.29) is 23.9 Å². The molecule has 1 spiro atoms. The van der Waals surface area contributed by atoms with Gasteiger partial charge in [0.15, 0.2) is 0 Å². The quantitative estimate of drug-likeness (QED) is 0.796. The third-order valence-electron chi connectivity index (χ3n) is 6.23. The van der Waals surface area contributed by atoms with Gasteiger partial charge in [0, 0.05) is 46.0 Å². The Labute approximate surface area is 160 Å². The number of carbonyl (C=O) groups excluding carboxylic acids is 2. The molecule has 7 heteroatoms. The van der Waals surface area contributed by atoms with Crippen LogP contribution in [-0.4, -0.2) is 78.1 Å². The third kappa shape index (κ3) is 3.71. The van der Waals surface area contributed by atoms with Gasteiger partial charge in [0.1, 0.15) is 6.54 Å². The van der Waals surface area contributed by atoms with Crippen LogP contribution in [0.4, 0.5) is 5.69 Å². The molecule has 3 aliphatic heterocycles. The molecule has 27 heavy (non-hydrogen) atoms. The van der Waals surface area contributed by atoms with Crippen molar-refractivity contribution in [1.29, 1.82) is 0 Å². The summed E-state index contributed by atoms with van der Waals surface area (Å²) in [7, 11) is 0. The maximum atomic E-state index is 12.7. The minimum absolute atomic E-state index is 0.0119. The molecule has 0 bridgehead atoms. The zero-order valence-corrected chi connectivity index (χ0v) is 16.0. The van der Waals surface area contributed by atoms with Gasteiger partial charge < -0.3 is 19.4 Å². The van der Waals surface area contributed by atoms with Gasteiger partial charge in [-0.3, -0.25) is 14.6 Å². The van der Waals surface area contributed by atoms with Crippen LogP contribution in [0.25, 0.3) is 0 Å². The number of piperazine rings is 1. The SMILES string of the molecule is CC(=O)N1CC(=O)N(c2cccnc2)CC12CCN(CC1CCOCC1)C2. The number of ether oxygens (including phenoxy) is 1. The van der Waals surface area contributed by atoms with Crippen molar-refractivity contribution in [2.75, 3.05) is 50.8 Å². The van der Waals surface area contributed by atoms with Crippen LogP contribution < -0.4 is 4.90 Å². The molecule has 1 aromatic heterocycles. The number of rotatable bonds is 3. The first-order valence-electron chi connectivity index (χ1n) is 9.86. The Balaban J connectivity index is 1.52. The second-order valence-corrected chi connectivity index (χ2v) is 8.06. The summed E-state index contributed by atoms with van der Waals surface area (Å²) in [5.74, 6) is 0.619. The molecule has 4 heterocycles. The topological polar surface area (TPSA) is 66.0 Å². The molecule has 2 amide bonds. The van der Waals surface area contributed by atoms with E-state index in [2.05, 4.69) is 9.88 Å². The lowest BCUT2D eigenvalue weighted by molar-refractivity contribution is -0.142. The number of aromatic nitrogens is 1. The predicted molar refractivity (Wildman–Crippen MR) is 101 cm³/mol. The molecule has 1 atom stereocenters. The molecule has 146 valence electrons. The van der Waals surface area contributed by atoms with Crippen LogP contribution in [0, 0.1) is 5.92 Å². The lowest BCUT2D eigenvalue weighted by atomic mass is 9.91.